The quantitative estimate of drug-likeness (QED) is 0.778. The van der Waals surface area contributed by atoms with Gasteiger partial charge in [0.25, 0.3) is 5.89 Å². The van der Waals surface area contributed by atoms with Crippen molar-refractivity contribution in [2.45, 2.75) is 25.3 Å². The summed E-state index contributed by atoms with van der Waals surface area (Å²) in [5.41, 5.74) is 1.14. The van der Waals surface area contributed by atoms with Gasteiger partial charge in [0.15, 0.2) is 5.82 Å². The molecule has 0 aliphatic carbocycles. The molecule has 8 nitrogen and oxygen atoms in total. The van der Waals surface area contributed by atoms with Crippen molar-refractivity contribution in [3.63, 3.8) is 0 Å². The van der Waals surface area contributed by atoms with Gasteiger partial charge in [0.1, 0.15) is 0 Å². The minimum absolute atomic E-state index is 0.00507. The van der Waals surface area contributed by atoms with Gasteiger partial charge in [0, 0.05) is 38.9 Å². The van der Waals surface area contributed by atoms with Crippen molar-refractivity contribution >= 4 is 6.03 Å². The van der Waals surface area contributed by atoms with Crippen LogP contribution in [0.1, 0.15) is 31.1 Å². The number of methoxy groups -OCH3 is 1. The van der Waals surface area contributed by atoms with Crippen molar-refractivity contribution in [3.05, 3.63) is 36.2 Å². The Labute approximate surface area is 171 Å². The maximum atomic E-state index is 12.3. The van der Waals surface area contributed by atoms with Gasteiger partial charge in [-0.3, -0.25) is 4.90 Å². The zero-order chi connectivity index (χ0) is 20.3. The minimum atomic E-state index is 0.00507. The normalized spacial score (nSPS) is 21.6. The third-order valence-electron chi connectivity index (χ3n) is 6.20. The number of aromatic nitrogens is 2. The molecule has 1 aromatic heterocycles. The van der Waals surface area contributed by atoms with Crippen LogP contribution in [-0.2, 0) is 4.74 Å². The highest BCUT2D eigenvalue weighted by atomic mass is 16.5. The van der Waals surface area contributed by atoms with Gasteiger partial charge in [-0.05, 0) is 43.9 Å². The summed E-state index contributed by atoms with van der Waals surface area (Å²) in [4.78, 5) is 21.2. The number of benzene rings is 1. The van der Waals surface area contributed by atoms with Crippen LogP contribution in [0.4, 0.5) is 4.79 Å². The number of likely N-dealkylation sites (tertiary alicyclic amines) is 2. The van der Waals surface area contributed by atoms with Crippen LogP contribution in [0.2, 0.25) is 0 Å². The summed E-state index contributed by atoms with van der Waals surface area (Å²) in [6, 6.07) is 10.0. The van der Waals surface area contributed by atoms with E-state index < -0.39 is 0 Å². The molecule has 29 heavy (non-hydrogen) atoms. The van der Waals surface area contributed by atoms with Crippen molar-refractivity contribution in [2.24, 2.45) is 5.41 Å². The molecule has 0 radical (unpaired) electrons. The Hall–Kier alpha value is -2.45. The van der Waals surface area contributed by atoms with Gasteiger partial charge < -0.3 is 19.5 Å². The highest BCUT2D eigenvalue weighted by Crippen LogP contribution is 2.47. The first-order chi connectivity index (χ1) is 14.1. The highest BCUT2D eigenvalue weighted by Gasteiger charge is 2.46. The molecular weight excluding hydrogens is 370 g/mol. The predicted molar refractivity (Wildman–Crippen MR) is 108 cm³/mol. The van der Waals surface area contributed by atoms with E-state index in [0.29, 0.717) is 19.0 Å². The molecular formula is C21H29N5O3. The molecule has 1 aromatic carbocycles. The monoisotopic (exact) mass is 399 g/mol. The molecule has 4 rings (SSSR count). The summed E-state index contributed by atoms with van der Waals surface area (Å²) in [5.74, 6) is 1.32. The van der Waals surface area contributed by atoms with E-state index in [1.807, 2.05) is 35.2 Å². The molecule has 2 aliphatic rings. The van der Waals surface area contributed by atoms with Crippen molar-refractivity contribution in [2.75, 3.05) is 46.9 Å². The zero-order valence-corrected chi connectivity index (χ0v) is 17.1. The molecule has 0 saturated carbocycles. The van der Waals surface area contributed by atoms with Crippen LogP contribution in [0.3, 0.4) is 0 Å². The summed E-state index contributed by atoms with van der Waals surface area (Å²) in [7, 11) is 3.76. The Morgan fingerprint density at radius 2 is 2.07 bits per heavy atom. The fourth-order valence-corrected chi connectivity index (χ4v) is 4.54. The molecule has 156 valence electrons. The van der Waals surface area contributed by atoms with Crippen LogP contribution >= 0.6 is 0 Å². The molecule has 1 spiro atoms. The lowest BCUT2D eigenvalue weighted by Gasteiger charge is -2.39. The van der Waals surface area contributed by atoms with Crippen LogP contribution in [0, 0.1) is 5.41 Å². The number of nitrogens with one attached hydrogen (secondary N) is 1. The van der Waals surface area contributed by atoms with Gasteiger partial charge in [0.2, 0.25) is 0 Å². The van der Waals surface area contributed by atoms with Crippen molar-refractivity contribution in [1.29, 1.82) is 0 Å². The molecule has 2 aliphatic heterocycles. The van der Waals surface area contributed by atoms with E-state index in [1.165, 1.54) is 0 Å². The Balaban J connectivity index is 1.37. The van der Waals surface area contributed by atoms with Gasteiger partial charge in [0.05, 0.1) is 12.6 Å². The van der Waals surface area contributed by atoms with Crippen molar-refractivity contribution < 1.29 is 14.1 Å². The van der Waals surface area contributed by atoms with Crippen LogP contribution in [-0.4, -0.2) is 72.9 Å². The van der Waals surface area contributed by atoms with Gasteiger partial charge in [-0.15, -0.1) is 0 Å². The zero-order valence-electron chi connectivity index (χ0n) is 17.1. The molecule has 8 heteroatoms. The van der Waals surface area contributed by atoms with Gasteiger partial charge in [-0.1, -0.05) is 23.4 Å². The average molecular weight is 399 g/mol. The molecule has 2 amide bonds. The van der Waals surface area contributed by atoms with E-state index in [4.69, 9.17) is 9.26 Å². The first-order valence-electron chi connectivity index (χ1n) is 10.2. The molecule has 0 bridgehead atoms. The van der Waals surface area contributed by atoms with Crippen LogP contribution in [0.15, 0.2) is 34.9 Å². The van der Waals surface area contributed by atoms with Crippen molar-refractivity contribution in [1.82, 2.24) is 25.3 Å². The molecule has 1 unspecified atom stereocenters. The minimum Gasteiger partial charge on any atom is -0.383 e. The number of nitrogens with zero attached hydrogens (tertiary/aromatic N) is 4. The topological polar surface area (TPSA) is 83.7 Å². The van der Waals surface area contributed by atoms with E-state index in [9.17, 15) is 4.79 Å². The second kappa shape index (κ2) is 8.51. The molecule has 3 heterocycles. The lowest BCUT2D eigenvalue weighted by atomic mass is 9.76. The second-order valence-corrected chi connectivity index (χ2v) is 8.17. The predicted octanol–water partition coefficient (Wildman–Crippen LogP) is 2.55. The fourth-order valence-electron chi connectivity index (χ4n) is 4.54. The number of piperidine rings is 1. The molecule has 1 N–H and O–H groups in total. The van der Waals surface area contributed by atoms with Crippen LogP contribution in [0.25, 0.3) is 11.5 Å². The smallest absolute Gasteiger partial charge is 0.317 e. The SMILES string of the molecule is COCCNC(=O)N1CCC2(CC1)CC(c1noc(-c3ccccc3)n1)N(C)C2. The number of rotatable bonds is 5. The molecule has 2 saturated heterocycles. The number of ether oxygens (including phenoxy) is 1. The third kappa shape index (κ3) is 4.28. The average Bonchev–Trinajstić information content (AvgIpc) is 3.34. The maximum Gasteiger partial charge on any atom is 0.317 e. The summed E-state index contributed by atoms with van der Waals surface area (Å²) in [6.07, 6.45) is 2.99. The summed E-state index contributed by atoms with van der Waals surface area (Å²) in [6.45, 7) is 3.63. The van der Waals surface area contributed by atoms with Gasteiger partial charge >= 0.3 is 6.03 Å². The largest absolute Gasteiger partial charge is 0.383 e. The Morgan fingerprint density at radius 1 is 1.31 bits per heavy atom. The number of carbonyl (C=O) groups is 1. The Bertz CT molecular complexity index is 817. The summed E-state index contributed by atoms with van der Waals surface area (Å²) < 4.78 is 10.5. The number of carbonyl (C=O) groups excluding carboxylic acids is 1. The van der Waals surface area contributed by atoms with E-state index in [1.54, 1.807) is 7.11 Å². The maximum absolute atomic E-state index is 12.3. The fraction of sp³-hybridized carbons (Fsp3) is 0.571. The van der Waals surface area contributed by atoms with E-state index >= 15 is 0 Å². The van der Waals surface area contributed by atoms with E-state index in [-0.39, 0.29) is 17.5 Å². The molecule has 2 fully saturated rings. The molecule has 2 aromatic rings. The van der Waals surface area contributed by atoms with E-state index in [0.717, 1.165) is 50.3 Å². The van der Waals surface area contributed by atoms with Crippen molar-refractivity contribution in [3.8, 4) is 11.5 Å². The van der Waals surface area contributed by atoms with Crippen LogP contribution < -0.4 is 5.32 Å². The third-order valence-corrected chi connectivity index (χ3v) is 6.20. The Kier molecular flexibility index (Phi) is 5.82. The second-order valence-electron chi connectivity index (χ2n) is 8.17. The first-order valence-corrected chi connectivity index (χ1v) is 10.2. The molecule has 1 atom stereocenters. The summed E-state index contributed by atoms with van der Waals surface area (Å²) >= 11 is 0. The van der Waals surface area contributed by atoms with Gasteiger partial charge in [-0.25, -0.2) is 4.79 Å². The lowest BCUT2D eigenvalue weighted by molar-refractivity contribution is 0.120. The lowest BCUT2D eigenvalue weighted by Crippen LogP contribution is -2.48. The highest BCUT2D eigenvalue weighted by molar-refractivity contribution is 5.74. The standard InChI is InChI=1S/C21H29N5O3/c1-25-15-21(8-11-26(12-9-21)20(27)22-10-13-28-2)14-17(25)18-23-19(29-24-18)16-6-4-3-5-7-16/h3-7,17H,8-15H2,1-2H3,(H,22,27). The number of urea groups is 1. The number of amides is 2. The van der Waals surface area contributed by atoms with E-state index in [2.05, 4.69) is 27.4 Å². The summed E-state index contributed by atoms with van der Waals surface area (Å²) in [5, 5.41) is 7.19. The number of hydrogen-bond acceptors (Lipinski definition) is 6. The first kappa shape index (κ1) is 19.8. The number of hydrogen-bond donors (Lipinski definition) is 1. The Morgan fingerprint density at radius 3 is 2.79 bits per heavy atom. The van der Waals surface area contributed by atoms with Gasteiger partial charge in [-0.2, -0.15) is 4.98 Å². The van der Waals surface area contributed by atoms with Crippen LogP contribution in [0.5, 0.6) is 0 Å².